The Bertz CT molecular complexity index is 976. The SMILES string of the molecule is CCOC(=O)Cn1nnnc1[C@H](C1C=CC=CC1)N1CCN(C/C=C/c2ccccc2)CC1. The number of nitrogens with zero attached hydrogens (tertiary/aromatic N) is 6. The van der Waals surface area contributed by atoms with E-state index < -0.39 is 0 Å². The number of allylic oxidation sites excluding steroid dienone is 3. The predicted octanol–water partition coefficient (Wildman–Crippen LogP) is 2.74. The molecule has 2 atom stereocenters. The Morgan fingerprint density at radius 3 is 2.73 bits per heavy atom. The smallest absolute Gasteiger partial charge is 0.327 e. The van der Waals surface area contributed by atoms with Gasteiger partial charge in [0.15, 0.2) is 5.82 Å². The molecule has 1 saturated heterocycles. The molecule has 4 rings (SSSR count). The lowest BCUT2D eigenvalue weighted by molar-refractivity contribution is -0.144. The summed E-state index contributed by atoms with van der Waals surface area (Å²) >= 11 is 0. The molecule has 1 fully saturated rings. The Hall–Kier alpha value is -3.10. The van der Waals surface area contributed by atoms with Crippen molar-refractivity contribution < 1.29 is 9.53 Å². The standard InChI is InChI=1S/C25H32N6O2/c1-2-33-23(32)20-31-25(26-27-28-31)24(22-13-7-4-8-14-22)30-18-16-29(17-19-30)15-9-12-21-10-5-3-6-11-21/h3-13,22,24H,2,14-20H2,1H3/b12-9+/t22?,24-/m0/s1. The summed E-state index contributed by atoms with van der Waals surface area (Å²) in [6, 6.07) is 10.4. The van der Waals surface area contributed by atoms with Crippen molar-refractivity contribution in [2.45, 2.75) is 25.9 Å². The summed E-state index contributed by atoms with van der Waals surface area (Å²) in [4.78, 5) is 17.0. The van der Waals surface area contributed by atoms with E-state index in [1.54, 1.807) is 11.6 Å². The largest absolute Gasteiger partial charge is 0.465 e. The average molecular weight is 449 g/mol. The second-order valence-electron chi connectivity index (χ2n) is 8.31. The highest BCUT2D eigenvalue weighted by molar-refractivity contribution is 5.69. The highest BCUT2D eigenvalue weighted by atomic mass is 16.5. The molecule has 174 valence electrons. The van der Waals surface area contributed by atoms with Crippen LogP contribution in [0.15, 0.2) is 60.7 Å². The zero-order valence-corrected chi connectivity index (χ0v) is 19.2. The Morgan fingerprint density at radius 2 is 2.00 bits per heavy atom. The summed E-state index contributed by atoms with van der Waals surface area (Å²) in [5.74, 6) is 0.663. The van der Waals surface area contributed by atoms with Gasteiger partial charge in [0.2, 0.25) is 0 Å². The third-order valence-corrected chi connectivity index (χ3v) is 6.10. The third kappa shape index (κ3) is 6.24. The van der Waals surface area contributed by atoms with Crippen LogP contribution in [0.2, 0.25) is 0 Å². The number of rotatable bonds is 9. The maximum absolute atomic E-state index is 12.1. The number of carbonyl (C=O) groups excluding carboxylic acids is 1. The minimum absolute atomic E-state index is 0.0117. The van der Waals surface area contributed by atoms with Gasteiger partial charge in [-0.05, 0) is 29.3 Å². The molecule has 1 aromatic carbocycles. The van der Waals surface area contributed by atoms with Crippen LogP contribution in [0, 0.1) is 5.92 Å². The number of carbonyl (C=O) groups is 1. The predicted molar refractivity (Wildman–Crippen MR) is 127 cm³/mol. The number of hydrogen-bond donors (Lipinski definition) is 0. The van der Waals surface area contributed by atoms with Gasteiger partial charge in [0.25, 0.3) is 0 Å². The highest BCUT2D eigenvalue weighted by Crippen LogP contribution is 2.33. The monoisotopic (exact) mass is 448 g/mol. The summed E-state index contributed by atoms with van der Waals surface area (Å²) in [5, 5.41) is 12.3. The zero-order valence-electron chi connectivity index (χ0n) is 19.2. The van der Waals surface area contributed by atoms with Crippen molar-refractivity contribution in [3.63, 3.8) is 0 Å². The van der Waals surface area contributed by atoms with Gasteiger partial charge in [-0.25, -0.2) is 4.68 Å². The Morgan fingerprint density at radius 1 is 1.18 bits per heavy atom. The molecule has 0 radical (unpaired) electrons. The van der Waals surface area contributed by atoms with E-state index in [2.05, 4.69) is 86.0 Å². The Kier molecular flexibility index (Phi) is 8.16. The van der Waals surface area contributed by atoms with Crippen LogP contribution in [0.25, 0.3) is 6.08 Å². The van der Waals surface area contributed by atoms with E-state index in [0.29, 0.717) is 6.61 Å². The molecule has 2 aromatic rings. The molecular formula is C25H32N6O2. The van der Waals surface area contributed by atoms with Gasteiger partial charge in [-0.1, -0.05) is 66.8 Å². The van der Waals surface area contributed by atoms with Crippen LogP contribution in [0.3, 0.4) is 0 Å². The van der Waals surface area contributed by atoms with Gasteiger partial charge in [0.1, 0.15) is 6.54 Å². The van der Waals surface area contributed by atoms with Crippen LogP contribution in [0.1, 0.15) is 30.8 Å². The van der Waals surface area contributed by atoms with Crippen LogP contribution < -0.4 is 0 Å². The van der Waals surface area contributed by atoms with Crippen molar-refractivity contribution in [2.24, 2.45) is 5.92 Å². The number of esters is 1. The molecule has 0 N–H and O–H groups in total. The number of piperazine rings is 1. The van der Waals surface area contributed by atoms with E-state index in [0.717, 1.165) is 45.0 Å². The topological polar surface area (TPSA) is 76.4 Å². The quantitative estimate of drug-likeness (QED) is 0.546. The summed E-state index contributed by atoms with van der Waals surface area (Å²) in [6.45, 7) is 6.89. The van der Waals surface area contributed by atoms with E-state index >= 15 is 0 Å². The maximum atomic E-state index is 12.1. The fraction of sp³-hybridized carbons (Fsp3) is 0.440. The summed E-state index contributed by atoms with van der Waals surface area (Å²) in [6.07, 6.45) is 13.9. The first-order chi connectivity index (χ1) is 16.2. The molecule has 0 amide bonds. The molecule has 1 aliphatic heterocycles. The molecule has 8 nitrogen and oxygen atoms in total. The Labute approximate surface area is 195 Å². The fourth-order valence-corrected chi connectivity index (χ4v) is 4.45. The van der Waals surface area contributed by atoms with Crippen LogP contribution in [0.5, 0.6) is 0 Å². The van der Waals surface area contributed by atoms with E-state index in [9.17, 15) is 4.79 Å². The second kappa shape index (κ2) is 11.7. The third-order valence-electron chi connectivity index (χ3n) is 6.10. The summed E-state index contributed by atoms with van der Waals surface area (Å²) < 4.78 is 6.72. The first-order valence-corrected chi connectivity index (χ1v) is 11.7. The highest BCUT2D eigenvalue weighted by Gasteiger charge is 2.34. The van der Waals surface area contributed by atoms with Gasteiger partial charge >= 0.3 is 5.97 Å². The molecular weight excluding hydrogens is 416 g/mol. The van der Waals surface area contributed by atoms with Crippen molar-refractivity contribution in [2.75, 3.05) is 39.3 Å². The van der Waals surface area contributed by atoms with Gasteiger partial charge in [0, 0.05) is 38.6 Å². The van der Waals surface area contributed by atoms with Gasteiger partial charge in [-0.3, -0.25) is 14.6 Å². The van der Waals surface area contributed by atoms with Crippen LogP contribution in [-0.2, 0) is 16.1 Å². The molecule has 2 aliphatic rings. The molecule has 8 heteroatoms. The lowest BCUT2D eigenvalue weighted by Crippen LogP contribution is -2.49. The van der Waals surface area contributed by atoms with Crippen LogP contribution in [0.4, 0.5) is 0 Å². The first kappa shape index (κ1) is 23.1. The van der Waals surface area contributed by atoms with Gasteiger partial charge in [-0.15, -0.1) is 5.10 Å². The van der Waals surface area contributed by atoms with E-state index in [-0.39, 0.29) is 24.5 Å². The van der Waals surface area contributed by atoms with Crippen LogP contribution >= 0.6 is 0 Å². The van der Waals surface area contributed by atoms with E-state index in [4.69, 9.17) is 4.74 Å². The fourth-order valence-electron chi connectivity index (χ4n) is 4.45. The minimum Gasteiger partial charge on any atom is -0.465 e. The van der Waals surface area contributed by atoms with Gasteiger partial charge < -0.3 is 4.74 Å². The summed E-state index contributed by atoms with van der Waals surface area (Å²) in [7, 11) is 0. The number of ether oxygens (including phenoxy) is 1. The molecule has 1 aliphatic carbocycles. The second-order valence-corrected chi connectivity index (χ2v) is 8.31. The molecule has 1 aromatic heterocycles. The minimum atomic E-state index is -0.320. The zero-order chi connectivity index (χ0) is 22.9. The van der Waals surface area contributed by atoms with Crippen LogP contribution in [-0.4, -0.2) is 75.3 Å². The van der Waals surface area contributed by atoms with Crippen molar-refractivity contribution in [3.8, 4) is 0 Å². The van der Waals surface area contributed by atoms with Gasteiger partial charge in [0.05, 0.1) is 12.6 Å². The lowest BCUT2D eigenvalue weighted by Gasteiger charge is -2.41. The molecule has 1 unspecified atom stereocenters. The molecule has 33 heavy (non-hydrogen) atoms. The first-order valence-electron chi connectivity index (χ1n) is 11.7. The number of hydrogen-bond acceptors (Lipinski definition) is 7. The number of tetrazole rings is 1. The van der Waals surface area contributed by atoms with E-state index in [1.165, 1.54) is 5.56 Å². The van der Waals surface area contributed by atoms with Crippen molar-refractivity contribution in [1.29, 1.82) is 0 Å². The van der Waals surface area contributed by atoms with Crippen molar-refractivity contribution >= 4 is 12.0 Å². The Balaban J connectivity index is 1.42. The van der Waals surface area contributed by atoms with E-state index in [1.807, 2.05) is 6.07 Å². The molecule has 0 bridgehead atoms. The number of aromatic nitrogens is 4. The lowest BCUT2D eigenvalue weighted by atomic mass is 9.90. The van der Waals surface area contributed by atoms with Gasteiger partial charge in [-0.2, -0.15) is 0 Å². The average Bonchev–Trinajstić information content (AvgIpc) is 3.29. The number of benzene rings is 1. The molecule has 0 saturated carbocycles. The summed E-state index contributed by atoms with van der Waals surface area (Å²) in [5.41, 5.74) is 1.22. The maximum Gasteiger partial charge on any atom is 0.327 e. The molecule has 0 spiro atoms. The van der Waals surface area contributed by atoms with Crippen molar-refractivity contribution in [1.82, 2.24) is 30.0 Å². The molecule has 2 heterocycles. The normalized spacial score (nSPS) is 20.3. The van der Waals surface area contributed by atoms with Crippen molar-refractivity contribution in [3.05, 3.63) is 72.1 Å².